The molecule has 0 saturated heterocycles. The minimum atomic E-state index is -0.217. The van der Waals surface area contributed by atoms with Crippen molar-refractivity contribution in [1.82, 2.24) is 10.6 Å². The first kappa shape index (κ1) is 21.5. The van der Waals surface area contributed by atoms with Crippen LogP contribution in [0, 0.1) is 0 Å². The first-order chi connectivity index (χ1) is 12.4. The van der Waals surface area contributed by atoms with Crippen molar-refractivity contribution in [2.45, 2.75) is 39.7 Å². The fourth-order valence-corrected chi connectivity index (χ4v) is 2.20. The normalized spacial score (nSPS) is 10.2. The Bertz CT molecular complexity index is 625. The molecule has 26 heavy (non-hydrogen) atoms. The molecule has 142 valence electrons. The topological polar surface area (TPSA) is 102 Å². The van der Waals surface area contributed by atoms with Gasteiger partial charge in [-0.15, -0.1) is 0 Å². The van der Waals surface area contributed by atoms with Crippen molar-refractivity contribution >= 4 is 23.4 Å². The molecule has 2 amide bonds. The highest BCUT2D eigenvalue weighted by atomic mass is 16.5. The van der Waals surface area contributed by atoms with Gasteiger partial charge >= 0.3 is 0 Å². The van der Waals surface area contributed by atoms with Crippen LogP contribution in [0.2, 0.25) is 0 Å². The molecule has 0 fully saturated rings. The summed E-state index contributed by atoms with van der Waals surface area (Å²) in [4.78, 5) is 44.9. The highest BCUT2D eigenvalue weighted by Crippen LogP contribution is 2.06. The van der Waals surface area contributed by atoms with Gasteiger partial charge in [-0.3, -0.25) is 19.2 Å². The number of ether oxygens (including phenoxy) is 1. The zero-order valence-electron chi connectivity index (χ0n) is 15.3. The van der Waals surface area contributed by atoms with Gasteiger partial charge in [0.05, 0.1) is 6.42 Å². The Kier molecular flexibility index (Phi) is 9.86. The number of hydrogen-bond acceptors (Lipinski definition) is 5. The Morgan fingerprint density at radius 2 is 1.62 bits per heavy atom. The second-order valence-electron chi connectivity index (χ2n) is 6.08. The molecule has 0 aliphatic carbocycles. The van der Waals surface area contributed by atoms with Crippen molar-refractivity contribution in [2.75, 3.05) is 19.8 Å². The van der Waals surface area contributed by atoms with Gasteiger partial charge in [0.25, 0.3) is 0 Å². The van der Waals surface area contributed by atoms with Crippen LogP contribution in [0.15, 0.2) is 24.3 Å². The number of nitrogens with one attached hydrogen (secondary N) is 2. The van der Waals surface area contributed by atoms with Gasteiger partial charge in [-0.25, -0.2) is 0 Å². The van der Waals surface area contributed by atoms with E-state index in [9.17, 15) is 19.2 Å². The number of carbonyl (C=O) groups is 4. The quantitative estimate of drug-likeness (QED) is 0.426. The van der Waals surface area contributed by atoms with E-state index in [2.05, 4.69) is 10.6 Å². The predicted molar refractivity (Wildman–Crippen MR) is 96.4 cm³/mol. The fraction of sp³-hybridized carbons (Fsp3) is 0.474. The predicted octanol–water partition coefficient (Wildman–Crippen LogP) is 0.936. The SMILES string of the molecule is CC(=O)CC(=O)Cc1ccc(CNC(=O)COCCCNC(C)=O)cc1. The second kappa shape index (κ2) is 11.9. The third-order valence-electron chi connectivity index (χ3n) is 3.43. The third kappa shape index (κ3) is 10.4. The maximum atomic E-state index is 11.7. The molecule has 1 rings (SSSR count). The average molecular weight is 362 g/mol. The smallest absolute Gasteiger partial charge is 0.246 e. The number of ketones is 2. The van der Waals surface area contributed by atoms with Crippen LogP contribution in [-0.2, 0) is 36.9 Å². The fourth-order valence-electron chi connectivity index (χ4n) is 2.20. The molecule has 7 heteroatoms. The van der Waals surface area contributed by atoms with E-state index in [1.54, 1.807) is 0 Å². The van der Waals surface area contributed by atoms with E-state index in [4.69, 9.17) is 4.74 Å². The molecule has 0 heterocycles. The van der Waals surface area contributed by atoms with E-state index >= 15 is 0 Å². The molecule has 2 N–H and O–H groups in total. The Hall–Kier alpha value is -2.54. The van der Waals surface area contributed by atoms with Crippen molar-refractivity contribution in [2.24, 2.45) is 0 Å². The van der Waals surface area contributed by atoms with Gasteiger partial charge in [0, 0.05) is 33.0 Å². The highest BCUT2D eigenvalue weighted by Gasteiger charge is 2.07. The van der Waals surface area contributed by atoms with Gasteiger partial charge in [0.15, 0.2) is 0 Å². The van der Waals surface area contributed by atoms with Crippen molar-refractivity contribution in [1.29, 1.82) is 0 Å². The number of rotatable bonds is 12. The largest absolute Gasteiger partial charge is 0.372 e. The van der Waals surface area contributed by atoms with Crippen LogP contribution in [0.1, 0.15) is 37.8 Å². The van der Waals surface area contributed by atoms with Gasteiger partial charge in [0.2, 0.25) is 11.8 Å². The number of Topliss-reactive ketones (excluding diaryl/α,β-unsaturated/α-hetero) is 2. The number of benzene rings is 1. The Morgan fingerprint density at radius 1 is 0.962 bits per heavy atom. The molecule has 1 aromatic rings. The molecule has 0 aromatic heterocycles. The Balaban J connectivity index is 2.22. The molecule has 0 unspecified atom stereocenters. The molecule has 0 bridgehead atoms. The zero-order chi connectivity index (χ0) is 19.4. The van der Waals surface area contributed by atoms with Crippen LogP contribution in [0.5, 0.6) is 0 Å². The Labute approximate surface area is 153 Å². The molecule has 0 atom stereocenters. The lowest BCUT2D eigenvalue weighted by Gasteiger charge is -2.07. The first-order valence-corrected chi connectivity index (χ1v) is 8.54. The van der Waals surface area contributed by atoms with E-state index in [1.807, 2.05) is 24.3 Å². The molecule has 0 spiro atoms. The van der Waals surface area contributed by atoms with Crippen LogP contribution in [0.3, 0.4) is 0 Å². The molecular weight excluding hydrogens is 336 g/mol. The van der Waals surface area contributed by atoms with E-state index in [0.29, 0.717) is 26.1 Å². The summed E-state index contributed by atoms with van der Waals surface area (Å²) in [6, 6.07) is 7.31. The van der Waals surface area contributed by atoms with Crippen molar-refractivity contribution in [3.63, 3.8) is 0 Å². The summed E-state index contributed by atoms with van der Waals surface area (Å²) in [6.45, 7) is 4.11. The van der Waals surface area contributed by atoms with Crippen LogP contribution in [0.4, 0.5) is 0 Å². The molecule has 0 radical (unpaired) electrons. The number of hydrogen-bond donors (Lipinski definition) is 2. The van der Waals surface area contributed by atoms with Crippen LogP contribution in [-0.4, -0.2) is 43.1 Å². The van der Waals surface area contributed by atoms with Crippen LogP contribution in [0.25, 0.3) is 0 Å². The average Bonchev–Trinajstić information content (AvgIpc) is 2.56. The summed E-state index contributed by atoms with van der Waals surface area (Å²) in [5, 5.41) is 5.40. The molecule has 0 saturated carbocycles. The van der Waals surface area contributed by atoms with Crippen molar-refractivity contribution < 1.29 is 23.9 Å². The lowest BCUT2D eigenvalue weighted by molar-refractivity contribution is -0.126. The minimum Gasteiger partial charge on any atom is -0.372 e. The molecule has 0 aliphatic rings. The standard InChI is InChI=1S/C19H26N2O5/c1-14(22)10-18(24)11-16-4-6-17(7-5-16)12-21-19(25)13-26-9-3-8-20-15(2)23/h4-7H,3,8-13H2,1-2H3,(H,20,23)(H,21,25). The van der Waals surface area contributed by atoms with Gasteiger partial charge in [0.1, 0.15) is 18.2 Å². The lowest BCUT2D eigenvalue weighted by Crippen LogP contribution is -2.28. The number of carbonyl (C=O) groups excluding carboxylic acids is 4. The minimum absolute atomic E-state index is 0.0301. The Morgan fingerprint density at radius 3 is 2.23 bits per heavy atom. The molecule has 1 aromatic carbocycles. The van der Waals surface area contributed by atoms with E-state index in [0.717, 1.165) is 11.1 Å². The van der Waals surface area contributed by atoms with E-state index in [-0.39, 0.29) is 42.8 Å². The van der Waals surface area contributed by atoms with Gasteiger partial charge in [-0.1, -0.05) is 24.3 Å². The molecule has 7 nitrogen and oxygen atoms in total. The van der Waals surface area contributed by atoms with E-state index < -0.39 is 0 Å². The monoisotopic (exact) mass is 362 g/mol. The maximum Gasteiger partial charge on any atom is 0.246 e. The van der Waals surface area contributed by atoms with Gasteiger partial charge in [-0.2, -0.15) is 0 Å². The first-order valence-electron chi connectivity index (χ1n) is 8.54. The van der Waals surface area contributed by atoms with Gasteiger partial charge in [-0.05, 0) is 24.5 Å². The van der Waals surface area contributed by atoms with Crippen LogP contribution >= 0.6 is 0 Å². The van der Waals surface area contributed by atoms with Crippen molar-refractivity contribution in [3.05, 3.63) is 35.4 Å². The summed E-state index contributed by atoms with van der Waals surface area (Å²) in [5.41, 5.74) is 1.75. The molecular formula is C19H26N2O5. The summed E-state index contributed by atoms with van der Waals surface area (Å²) < 4.78 is 5.23. The number of amides is 2. The lowest BCUT2D eigenvalue weighted by atomic mass is 10.0. The second-order valence-corrected chi connectivity index (χ2v) is 6.08. The van der Waals surface area contributed by atoms with Crippen LogP contribution < -0.4 is 10.6 Å². The van der Waals surface area contributed by atoms with E-state index in [1.165, 1.54) is 13.8 Å². The summed E-state index contributed by atoms with van der Waals surface area (Å²) in [6.07, 6.45) is 0.845. The summed E-state index contributed by atoms with van der Waals surface area (Å²) in [7, 11) is 0. The zero-order valence-corrected chi connectivity index (χ0v) is 15.3. The highest BCUT2D eigenvalue weighted by molar-refractivity contribution is 5.98. The summed E-state index contributed by atoms with van der Waals surface area (Å²) in [5.74, 6) is -0.539. The summed E-state index contributed by atoms with van der Waals surface area (Å²) >= 11 is 0. The third-order valence-corrected chi connectivity index (χ3v) is 3.43. The molecule has 0 aliphatic heterocycles. The maximum absolute atomic E-state index is 11.7. The van der Waals surface area contributed by atoms with Crippen molar-refractivity contribution in [3.8, 4) is 0 Å². The van der Waals surface area contributed by atoms with Gasteiger partial charge < -0.3 is 15.4 Å².